The number of hydrogen-bond donors (Lipinski definition) is 2. The van der Waals surface area contributed by atoms with E-state index in [2.05, 4.69) is 44.1 Å². The number of carbonyl (C=O) groups excluding carboxylic acids is 1. The summed E-state index contributed by atoms with van der Waals surface area (Å²) in [6.07, 6.45) is 2.05. The maximum atomic E-state index is 11.6. The van der Waals surface area contributed by atoms with E-state index in [-0.39, 0.29) is 5.91 Å². The Morgan fingerprint density at radius 2 is 2.05 bits per heavy atom. The minimum absolute atomic E-state index is 0.281. The number of nitrogens with zero attached hydrogens (tertiary/aromatic N) is 1. The van der Waals surface area contributed by atoms with Crippen LogP contribution in [0.5, 0.6) is 0 Å². The Hall–Kier alpha value is -2.11. The summed E-state index contributed by atoms with van der Waals surface area (Å²) < 4.78 is 3.20. The first-order valence-corrected chi connectivity index (χ1v) is 7.31. The fraction of sp³-hybridized carbons (Fsp3) is 0.0625. The molecule has 0 atom stereocenters. The molecular formula is C16H14BrN3O. The molecule has 1 heterocycles. The minimum atomic E-state index is -0.281. The molecule has 0 radical (unpaired) electrons. The maximum Gasteiger partial charge on any atom is 0.265 e. The highest BCUT2D eigenvalue weighted by molar-refractivity contribution is 9.10. The van der Waals surface area contributed by atoms with Gasteiger partial charge in [-0.2, -0.15) is 0 Å². The fourth-order valence-corrected chi connectivity index (χ4v) is 2.73. The summed E-state index contributed by atoms with van der Waals surface area (Å²) in [4.78, 5) is 11.6. The van der Waals surface area contributed by atoms with Crippen molar-refractivity contribution >= 4 is 32.7 Å². The number of nitrogens with one attached hydrogen (secondary N) is 1. The highest BCUT2D eigenvalue weighted by Crippen LogP contribution is 2.22. The SMILES string of the molecule is NNC(=O)c1cccc(Cn2ccc3ccc(Br)cc32)c1. The number of amides is 1. The largest absolute Gasteiger partial charge is 0.343 e. The molecule has 3 rings (SSSR count). The first-order valence-electron chi connectivity index (χ1n) is 6.51. The molecule has 1 amide bonds. The average Bonchev–Trinajstić information content (AvgIpc) is 2.89. The summed E-state index contributed by atoms with van der Waals surface area (Å²) in [5.41, 5.74) is 4.92. The Bertz CT molecular complexity index is 810. The lowest BCUT2D eigenvalue weighted by molar-refractivity contribution is 0.0953. The molecule has 3 aromatic rings. The van der Waals surface area contributed by atoms with Gasteiger partial charge < -0.3 is 4.57 Å². The molecule has 21 heavy (non-hydrogen) atoms. The van der Waals surface area contributed by atoms with Gasteiger partial charge in [0, 0.05) is 28.3 Å². The van der Waals surface area contributed by atoms with Crippen molar-refractivity contribution in [1.82, 2.24) is 9.99 Å². The first-order chi connectivity index (χ1) is 10.2. The summed E-state index contributed by atoms with van der Waals surface area (Å²) >= 11 is 3.50. The first kappa shape index (κ1) is 13.9. The molecule has 106 valence electrons. The van der Waals surface area contributed by atoms with E-state index in [1.165, 1.54) is 5.39 Å². The molecule has 2 aromatic carbocycles. The highest BCUT2D eigenvalue weighted by atomic mass is 79.9. The summed E-state index contributed by atoms with van der Waals surface area (Å²) in [6, 6.07) is 15.7. The second-order valence-corrected chi connectivity index (χ2v) is 5.74. The Morgan fingerprint density at radius 1 is 1.19 bits per heavy atom. The van der Waals surface area contributed by atoms with Crippen LogP contribution < -0.4 is 11.3 Å². The van der Waals surface area contributed by atoms with Crippen LogP contribution in [0.15, 0.2) is 59.2 Å². The van der Waals surface area contributed by atoms with Crippen molar-refractivity contribution < 1.29 is 4.79 Å². The zero-order valence-electron chi connectivity index (χ0n) is 11.2. The lowest BCUT2D eigenvalue weighted by atomic mass is 10.1. The number of carbonyl (C=O) groups is 1. The molecule has 1 aromatic heterocycles. The van der Waals surface area contributed by atoms with Gasteiger partial charge in [0.1, 0.15) is 0 Å². The van der Waals surface area contributed by atoms with Crippen molar-refractivity contribution in [2.45, 2.75) is 6.54 Å². The molecule has 4 nitrogen and oxygen atoms in total. The van der Waals surface area contributed by atoms with Gasteiger partial charge in [0.15, 0.2) is 0 Å². The van der Waals surface area contributed by atoms with E-state index in [9.17, 15) is 4.79 Å². The second kappa shape index (κ2) is 5.71. The van der Waals surface area contributed by atoms with Crippen LogP contribution in [0.2, 0.25) is 0 Å². The number of benzene rings is 2. The average molecular weight is 344 g/mol. The molecule has 0 aliphatic rings. The molecule has 5 heteroatoms. The lowest BCUT2D eigenvalue weighted by Gasteiger charge is -2.08. The fourth-order valence-electron chi connectivity index (χ4n) is 2.39. The summed E-state index contributed by atoms with van der Waals surface area (Å²) in [5, 5.41) is 1.19. The van der Waals surface area contributed by atoms with Gasteiger partial charge >= 0.3 is 0 Å². The Kier molecular flexibility index (Phi) is 3.77. The third-order valence-corrected chi connectivity index (χ3v) is 3.90. The predicted octanol–water partition coefficient (Wildman–Crippen LogP) is 3.06. The van der Waals surface area contributed by atoms with E-state index < -0.39 is 0 Å². The van der Waals surface area contributed by atoms with E-state index in [0.29, 0.717) is 12.1 Å². The zero-order chi connectivity index (χ0) is 14.8. The van der Waals surface area contributed by atoms with Crippen molar-refractivity contribution in [2.24, 2.45) is 5.84 Å². The van der Waals surface area contributed by atoms with Crippen LogP contribution in [0.25, 0.3) is 10.9 Å². The summed E-state index contributed by atoms with van der Waals surface area (Å²) in [7, 11) is 0. The minimum Gasteiger partial charge on any atom is -0.343 e. The zero-order valence-corrected chi connectivity index (χ0v) is 12.8. The molecule has 3 N–H and O–H groups in total. The highest BCUT2D eigenvalue weighted by Gasteiger charge is 2.06. The van der Waals surface area contributed by atoms with Gasteiger partial charge in [0.25, 0.3) is 5.91 Å². The van der Waals surface area contributed by atoms with Crippen LogP contribution in [0.3, 0.4) is 0 Å². The molecule has 0 aliphatic carbocycles. The number of hydrazine groups is 1. The number of nitrogens with two attached hydrogens (primary N) is 1. The van der Waals surface area contributed by atoms with Crippen molar-refractivity contribution in [3.63, 3.8) is 0 Å². The van der Waals surface area contributed by atoms with Gasteiger partial charge in [-0.1, -0.05) is 34.1 Å². The van der Waals surface area contributed by atoms with Crippen LogP contribution in [0.4, 0.5) is 0 Å². The van der Waals surface area contributed by atoms with Crippen LogP contribution in [0, 0.1) is 0 Å². The number of nitrogen functional groups attached to an aromatic ring is 1. The Morgan fingerprint density at radius 3 is 2.86 bits per heavy atom. The van der Waals surface area contributed by atoms with E-state index in [0.717, 1.165) is 15.6 Å². The van der Waals surface area contributed by atoms with Crippen molar-refractivity contribution in [3.05, 3.63) is 70.3 Å². The topological polar surface area (TPSA) is 60.0 Å². The number of halogens is 1. The summed E-state index contributed by atoms with van der Waals surface area (Å²) in [6.45, 7) is 0.700. The van der Waals surface area contributed by atoms with Gasteiger partial charge in [-0.15, -0.1) is 0 Å². The van der Waals surface area contributed by atoms with Crippen LogP contribution in [-0.4, -0.2) is 10.5 Å². The molecule has 0 fully saturated rings. The Labute approximate surface area is 130 Å². The van der Waals surface area contributed by atoms with Crippen LogP contribution >= 0.6 is 15.9 Å². The predicted molar refractivity (Wildman–Crippen MR) is 86.8 cm³/mol. The van der Waals surface area contributed by atoms with E-state index in [4.69, 9.17) is 5.84 Å². The standard InChI is InChI=1S/C16H14BrN3O/c17-14-5-4-12-6-7-20(15(12)9-14)10-11-2-1-3-13(8-11)16(21)19-18/h1-9H,10,18H2,(H,19,21). The number of hydrogen-bond acceptors (Lipinski definition) is 2. The summed E-state index contributed by atoms with van der Waals surface area (Å²) in [5.74, 6) is 4.89. The molecule has 0 saturated heterocycles. The quantitative estimate of drug-likeness (QED) is 0.436. The van der Waals surface area contributed by atoms with Gasteiger partial charge in [0.2, 0.25) is 0 Å². The third kappa shape index (κ3) is 2.84. The van der Waals surface area contributed by atoms with Crippen LogP contribution in [-0.2, 0) is 6.54 Å². The van der Waals surface area contributed by atoms with Crippen LogP contribution in [0.1, 0.15) is 15.9 Å². The van der Waals surface area contributed by atoms with Gasteiger partial charge in [-0.05, 0) is 41.3 Å². The lowest BCUT2D eigenvalue weighted by Crippen LogP contribution is -2.30. The molecule has 0 unspecified atom stereocenters. The van der Waals surface area contributed by atoms with E-state index >= 15 is 0 Å². The molecular weight excluding hydrogens is 330 g/mol. The molecule has 0 aliphatic heterocycles. The van der Waals surface area contributed by atoms with E-state index in [1.807, 2.05) is 30.5 Å². The smallest absolute Gasteiger partial charge is 0.265 e. The van der Waals surface area contributed by atoms with Gasteiger partial charge in [0.05, 0.1) is 0 Å². The number of rotatable bonds is 3. The molecule has 0 spiro atoms. The van der Waals surface area contributed by atoms with Crippen molar-refractivity contribution in [3.8, 4) is 0 Å². The maximum absolute atomic E-state index is 11.6. The van der Waals surface area contributed by atoms with Gasteiger partial charge in [-0.25, -0.2) is 5.84 Å². The van der Waals surface area contributed by atoms with E-state index in [1.54, 1.807) is 6.07 Å². The van der Waals surface area contributed by atoms with Gasteiger partial charge in [-0.3, -0.25) is 10.2 Å². The normalized spacial score (nSPS) is 10.8. The van der Waals surface area contributed by atoms with Crippen molar-refractivity contribution in [1.29, 1.82) is 0 Å². The second-order valence-electron chi connectivity index (χ2n) is 4.82. The number of aromatic nitrogens is 1. The Balaban J connectivity index is 1.95. The van der Waals surface area contributed by atoms with Crippen molar-refractivity contribution in [2.75, 3.05) is 0 Å². The third-order valence-electron chi connectivity index (χ3n) is 3.41. The molecule has 0 bridgehead atoms. The molecule has 0 saturated carbocycles. The number of fused-ring (bicyclic) bond motifs is 1. The monoisotopic (exact) mass is 343 g/mol.